The van der Waals surface area contributed by atoms with E-state index in [1.165, 1.54) is 12.0 Å². The fourth-order valence-electron chi connectivity index (χ4n) is 5.12. The number of aliphatic imine (C=N–C) groups is 1. The highest BCUT2D eigenvalue weighted by Gasteiger charge is 2.32. The van der Waals surface area contributed by atoms with Gasteiger partial charge in [-0.1, -0.05) is 35.6 Å². The van der Waals surface area contributed by atoms with Crippen LogP contribution < -0.4 is 16.4 Å². The standard InChI is InChI=1S/C33H34ClN7O3S/c1-19-20(2)45-32-29(19)30(22-8-10-24(34)11-9-22)38-27(31-40-39-21(3)41(31)32)18-28(42)37-16-6-15-36-25-12-13-26(33(43)44-4)23(17-25)7-5-14-35/h8-13,17,27,36H,6,14-16,18,35H2,1-4H3,(H,37,42)/t27-/m0/s1. The second-order valence-electron chi connectivity index (χ2n) is 10.5. The van der Waals surface area contributed by atoms with Crippen molar-refractivity contribution in [2.45, 2.75) is 39.7 Å². The first kappa shape index (κ1) is 31.9. The van der Waals surface area contributed by atoms with Crippen LogP contribution in [-0.4, -0.2) is 59.1 Å². The van der Waals surface area contributed by atoms with Crippen molar-refractivity contribution >= 4 is 46.2 Å². The molecule has 4 aromatic rings. The molecule has 45 heavy (non-hydrogen) atoms. The van der Waals surface area contributed by atoms with Gasteiger partial charge in [-0.2, -0.15) is 0 Å². The van der Waals surface area contributed by atoms with E-state index in [2.05, 4.69) is 46.5 Å². The van der Waals surface area contributed by atoms with Crippen molar-refractivity contribution in [3.63, 3.8) is 0 Å². The van der Waals surface area contributed by atoms with Gasteiger partial charge >= 0.3 is 5.97 Å². The zero-order valence-corrected chi connectivity index (χ0v) is 27.1. The summed E-state index contributed by atoms with van der Waals surface area (Å²) >= 11 is 7.87. The van der Waals surface area contributed by atoms with Crippen LogP contribution in [0.3, 0.4) is 0 Å². The number of ether oxygens (including phenoxy) is 1. The van der Waals surface area contributed by atoms with Gasteiger partial charge in [0.2, 0.25) is 5.91 Å². The summed E-state index contributed by atoms with van der Waals surface area (Å²) in [5, 5.41) is 16.8. The summed E-state index contributed by atoms with van der Waals surface area (Å²) in [6.45, 7) is 7.34. The number of aryl methyl sites for hydroxylation is 2. The van der Waals surface area contributed by atoms with E-state index in [4.69, 9.17) is 27.1 Å². The van der Waals surface area contributed by atoms with Crippen LogP contribution in [0.5, 0.6) is 0 Å². The predicted octanol–water partition coefficient (Wildman–Crippen LogP) is 4.90. The summed E-state index contributed by atoms with van der Waals surface area (Å²) in [4.78, 5) is 31.6. The number of carbonyl (C=O) groups excluding carboxylic acids is 2. The number of anilines is 1. The van der Waals surface area contributed by atoms with Gasteiger partial charge in [0, 0.05) is 45.4 Å². The van der Waals surface area contributed by atoms with Crippen LogP contribution in [0.15, 0.2) is 47.5 Å². The number of benzene rings is 2. The number of nitrogens with two attached hydrogens (primary N) is 1. The SMILES string of the molecule is COC(=O)c1ccc(NCCCNC(=O)C[C@@H]2N=C(c3ccc(Cl)cc3)c3c(sc(C)c3C)-n3c(C)nnc32)cc1C#CCN. The molecule has 5 rings (SSSR count). The van der Waals surface area contributed by atoms with Gasteiger partial charge < -0.3 is 21.1 Å². The quantitative estimate of drug-likeness (QED) is 0.134. The van der Waals surface area contributed by atoms with Crippen molar-refractivity contribution in [1.82, 2.24) is 20.1 Å². The Morgan fingerprint density at radius 1 is 1.11 bits per heavy atom. The maximum Gasteiger partial charge on any atom is 0.339 e. The Labute approximate surface area is 271 Å². The van der Waals surface area contributed by atoms with E-state index in [0.29, 0.717) is 41.5 Å². The normalized spacial score (nSPS) is 13.5. The van der Waals surface area contributed by atoms with Gasteiger partial charge in [0.15, 0.2) is 5.82 Å². The number of nitrogens with zero attached hydrogens (tertiary/aromatic N) is 4. The lowest BCUT2D eigenvalue weighted by molar-refractivity contribution is -0.121. The highest BCUT2D eigenvalue weighted by atomic mass is 35.5. The number of carbonyl (C=O) groups is 2. The Morgan fingerprint density at radius 3 is 2.62 bits per heavy atom. The van der Waals surface area contributed by atoms with E-state index in [-0.39, 0.29) is 18.9 Å². The molecular weight excluding hydrogens is 610 g/mol. The Morgan fingerprint density at radius 2 is 1.89 bits per heavy atom. The molecule has 1 aliphatic rings. The molecule has 1 amide bonds. The van der Waals surface area contributed by atoms with Crippen molar-refractivity contribution in [3.05, 3.63) is 91.8 Å². The van der Waals surface area contributed by atoms with Crippen LogP contribution in [-0.2, 0) is 9.53 Å². The number of rotatable bonds is 9. The maximum atomic E-state index is 13.2. The second kappa shape index (κ2) is 14.1. The smallest absolute Gasteiger partial charge is 0.339 e. The number of halogens is 1. The minimum Gasteiger partial charge on any atom is -0.465 e. The fourth-order valence-corrected chi connectivity index (χ4v) is 6.46. The number of thiophene rings is 1. The number of nitrogens with one attached hydrogen (secondary N) is 2. The van der Waals surface area contributed by atoms with Gasteiger partial charge in [-0.3, -0.25) is 14.4 Å². The largest absolute Gasteiger partial charge is 0.465 e. The number of methoxy groups -OCH3 is 1. The molecule has 3 heterocycles. The van der Waals surface area contributed by atoms with Crippen LogP contribution in [0.1, 0.15) is 68.0 Å². The number of fused-ring (bicyclic) bond motifs is 3. The van der Waals surface area contributed by atoms with E-state index in [9.17, 15) is 9.59 Å². The lowest BCUT2D eigenvalue weighted by Gasteiger charge is -2.13. The molecule has 0 radical (unpaired) electrons. The monoisotopic (exact) mass is 643 g/mol. The topological polar surface area (TPSA) is 137 Å². The fraction of sp³-hybridized carbons (Fsp3) is 0.303. The van der Waals surface area contributed by atoms with E-state index >= 15 is 0 Å². The average molecular weight is 644 g/mol. The molecule has 2 aromatic heterocycles. The molecule has 0 aliphatic carbocycles. The Kier molecular flexibility index (Phi) is 9.98. The third kappa shape index (κ3) is 6.93. The Bertz CT molecular complexity index is 1830. The van der Waals surface area contributed by atoms with Crippen LogP contribution in [0, 0.1) is 32.6 Å². The van der Waals surface area contributed by atoms with E-state index in [0.717, 1.165) is 38.9 Å². The molecule has 2 aromatic carbocycles. The summed E-state index contributed by atoms with van der Waals surface area (Å²) in [6, 6.07) is 12.3. The zero-order valence-electron chi connectivity index (χ0n) is 25.5. The van der Waals surface area contributed by atoms with E-state index < -0.39 is 12.0 Å². The van der Waals surface area contributed by atoms with E-state index in [1.807, 2.05) is 35.8 Å². The van der Waals surface area contributed by atoms with Crippen molar-refractivity contribution < 1.29 is 14.3 Å². The summed E-state index contributed by atoms with van der Waals surface area (Å²) < 4.78 is 6.88. The summed E-state index contributed by atoms with van der Waals surface area (Å²) in [7, 11) is 1.33. The molecular formula is C33H34ClN7O3S. The molecule has 4 N–H and O–H groups in total. The summed E-state index contributed by atoms with van der Waals surface area (Å²) in [5.74, 6) is 6.49. The van der Waals surface area contributed by atoms with Gasteiger partial charge in [-0.25, -0.2) is 4.79 Å². The molecule has 0 saturated heterocycles. The first-order chi connectivity index (χ1) is 21.7. The second-order valence-corrected chi connectivity index (χ2v) is 12.1. The van der Waals surface area contributed by atoms with Crippen molar-refractivity contribution in [3.8, 4) is 16.8 Å². The lowest BCUT2D eigenvalue weighted by Crippen LogP contribution is -2.27. The third-order valence-electron chi connectivity index (χ3n) is 7.49. The highest BCUT2D eigenvalue weighted by Crippen LogP contribution is 2.39. The van der Waals surface area contributed by atoms with Gasteiger partial charge in [0.25, 0.3) is 0 Å². The number of amides is 1. The van der Waals surface area contributed by atoms with Crippen LogP contribution in [0.4, 0.5) is 5.69 Å². The van der Waals surface area contributed by atoms with Crippen molar-refractivity contribution in [2.75, 3.05) is 32.1 Å². The van der Waals surface area contributed by atoms with Crippen LogP contribution in [0.25, 0.3) is 5.00 Å². The molecule has 1 atom stereocenters. The molecule has 12 heteroatoms. The molecule has 10 nitrogen and oxygen atoms in total. The minimum absolute atomic E-state index is 0.119. The van der Waals surface area contributed by atoms with Gasteiger partial charge in [0.05, 0.1) is 31.4 Å². The molecule has 0 spiro atoms. The van der Waals surface area contributed by atoms with Crippen LogP contribution in [0.2, 0.25) is 5.02 Å². The summed E-state index contributed by atoms with van der Waals surface area (Å²) in [5.41, 5.74) is 11.1. The van der Waals surface area contributed by atoms with Gasteiger partial charge in [0.1, 0.15) is 16.9 Å². The van der Waals surface area contributed by atoms with Crippen molar-refractivity contribution in [2.24, 2.45) is 10.7 Å². The van der Waals surface area contributed by atoms with E-state index in [1.54, 1.807) is 29.5 Å². The summed E-state index contributed by atoms with van der Waals surface area (Å²) in [6.07, 6.45) is 0.789. The predicted molar refractivity (Wildman–Crippen MR) is 178 cm³/mol. The minimum atomic E-state index is -0.532. The molecule has 0 fully saturated rings. The first-order valence-electron chi connectivity index (χ1n) is 14.5. The maximum absolute atomic E-state index is 13.2. The lowest BCUT2D eigenvalue weighted by atomic mass is 9.99. The number of hydrogen-bond donors (Lipinski definition) is 3. The van der Waals surface area contributed by atoms with Gasteiger partial charge in [-0.15, -0.1) is 21.5 Å². The first-order valence-corrected chi connectivity index (χ1v) is 15.7. The highest BCUT2D eigenvalue weighted by molar-refractivity contribution is 7.15. The Hall–Kier alpha value is -4.50. The number of aromatic nitrogens is 3. The van der Waals surface area contributed by atoms with Crippen molar-refractivity contribution in [1.29, 1.82) is 0 Å². The molecule has 0 unspecified atom stereocenters. The number of esters is 1. The molecule has 1 aliphatic heterocycles. The molecule has 0 bridgehead atoms. The Balaban J connectivity index is 1.28. The average Bonchev–Trinajstić information content (AvgIpc) is 3.51. The van der Waals surface area contributed by atoms with Crippen LogP contribution >= 0.6 is 22.9 Å². The van der Waals surface area contributed by atoms with Gasteiger partial charge in [-0.05, 0) is 63.1 Å². The third-order valence-corrected chi connectivity index (χ3v) is 8.94. The molecule has 0 saturated carbocycles. The number of hydrogen-bond acceptors (Lipinski definition) is 9. The molecule has 232 valence electrons. The zero-order chi connectivity index (χ0) is 32.1.